The van der Waals surface area contributed by atoms with Crippen LogP contribution in [0.15, 0.2) is 18.2 Å². The number of carbonyl (C=O) groups excluding carboxylic acids is 1. The number of hydrogen-bond donors (Lipinski definition) is 0. The van der Waals surface area contributed by atoms with E-state index in [1.54, 1.807) is 0 Å². The predicted octanol–water partition coefficient (Wildman–Crippen LogP) is -1.90. The van der Waals surface area contributed by atoms with Gasteiger partial charge in [0, 0.05) is 17.2 Å². The Hall–Kier alpha value is 0.0300. The quantitative estimate of drug-likeness (QED) is 0.475. The van der Waals surface area contributed by atoms with E-state index >= 15 is 0 Å². The van der Waals surface area contributed by atoms with Crippen molar-refractivity contribution in [2.75, 3.05) is 7.11 Å². The van der Waals surface area contributed by atoms with E-state index in [4.69, 9.17) is 27.9 Å². The van der Waals surface area contributed by atoms with Crippen LogP contribution < -0.4 is 39.4 Å². The second-order valence-electron chi connectivity index (χ2n) is 2.61. The van der Waals surface area contributed by atoms with Gasteiger partial charge in [-0.1, -0.05) is 23.2 Å². The van der Waals surface area contributed by atoms with Crippen LogP contribution in [-0.4, -0.2) is 19.4 Å². The number of ether oxygens (including phenoxy) is 2. The fourth-order valence-electron chi connectivity index (χ4n) is 0.913. The fraction of sp³-hybridized carbons (Fsp3) is 0.222. The summed E-state index contributed by atoms with van der Waals surface area (Å²) in [6.07, 6.45) is -1.49. The van der Waals surface area contributed by atoms with E-state index < -0.39 is 12.3 Å². The molecule has 0 amide bonds. The van der Waals surface area contributed by atoms with Crippen LogP contribution in [0.3, 0.4) is 0 Å². The number of aliphatic carboxylic acids is 1. The first-order valence-corrected chi connectivity index (χ1v) is 4.65. The smallest absolute Gasteiger partial charge is 0.544 e. The van der Waals surface area contributed by atoms with E-state index in [-0.39, 0.29) is 35.3 Å². The number of rotatable bonds is 4. The maximum Gasteiger partial charge on any atom is 1.00 e. The van der Waals surface area contributed by atoms with Crippen molar-refractivity contribution in [1.29, 1.82) is 0 Å². The molecule has 0 fully saturated rings. The van der Waals surface area contributed by atoms with Gasteiger partial charge < -0.3 is 19.4 Å². The van der Waals surface area contributed by atoms with Crippen molar-refractivity contribution in [3.8, 4) is 5.75 Å². The van der Waals surface area contributed by atoms with Crippen molar-refractivity contribution < 1.29 is 48.9 Å². The zero-order valence-electron chi connectivity index (χ0n) is 8.70. The Morgan fingerprint density at radius 3 is 2.19 bits per heavy atom. The summed E-state index contributed by atoms with van der Waals surface area (Å²) in [6, 6.07) is 4.33. The molecular formula is C9H7Cl2NaO4. The van der Waals surface area contributed by atoms with Gasteiger partial charge in [0.25, 0.3) is 0 Å². The van der Waals surface area contributed by atoms with Crippen molar-refractivity contribution in [2.45, 2.75) is 6.29 Å². The van der Waals surface area contributed by atoms with Gasteiger partial charge in [-0.25, -0.2) is 0 Å². The Bertz CT molecular complexity index is 352. The molecule has 0 saturated heterocycles. The molecule has 0 aliphatic rings. The Balaban J connectivity index is 0.00000225. The summed E-state index contributed by atoms with van der Waals surface area (Å²) in [6.45, 7) is 0. The van der Waals surface area contributed by atoms with E-state index in [0.29, 0.717) is 10.0 Å². The average molecular weight is 273 g/mol. The first kappa shape index (κ1) is 16.0. The largest absolute Gasteiger partial charge is 1.00 e. The molecular weight excluding hydrogens is 266 g/mol. The molecule has 82 valence electrons. The van der Waals surface area contributed by atoms with Crippen LogP contribution in [0.2, 0.25) is 10.0 Å². The number of methoxy groups -OCH3 is 1. The predicted molar refractivity (Wildman–Crippen MR) is 52.9 cm³/mol. The summed E-state index contributed by atoms with van der Waals surface area (Å²) in [5, 5.41) is 11.2. The minimum atomic E-state index is -1.49. The molecule has 1 atom stereocenters. The van der Waals surface area contributed by atoms with Gasteiger partial charge in [0.05, 0.1) is 0 Å². The van der Waals surface area contributed by atoms with Gasteiger partial charge in [-0.15, -0.1) is 0 Å². The number of carbonyl (C=O) groups is 1. The first-order chi connectivity index (χ1) is 7.02. The molecule has 0 N–H and O–H groups in total. The van der Waals surface area contributed by atoms with Gasteiger partial charge in [0.2, 0.25) is 6.29 Å². The molecule has 0 bridgehead atoms. The molecule has 0 radical (unpaired) electrons. The summed E-state index contributed by atoms with van der Waals surface area (Å²) in [5.41, 5.74) is 0. The average Bonchev–Trinajstić information content (AvgIpc) is 2.12. The maximum absolute atomic E-state index is 10.5. The maximum atomic E-state index is 10.5. The third-order valence-corrected chi connectivity index (χ3v) is 1.92. The van der Waals surface area contributed by atoms with Crippen molar-refractivity contribution >= 4 is 29.2 Å². The summed E-state index contributed by atoms with van der Waals surface area (Å²) >= 11 is 11.4. The monoisotopic (exact) mass is 272 g/mol. The normalized spacial score (nSPS) is 11.4. The van der Waals surface area contributed by atoms with Gasteiger partial charge in [0.15, 0.2) is 0 Å². The van der Waals surface area contributed by atoms with Crippen molar-refractivity contribution in [1.82, 2.24) is 0 Å². The second kappa shape index (κ2) is 7.37. The minimum absolute atomic E-state index is 0. The SMILES string of the molecule is COC(Oc1cc(Cl)cc(Cl)c1)C(=O)[O-].[Na+]. The van der Waals surface area contributed by atoms with E-state index in [9.17, 15) is 9.90 Å². The van der Waals surface area contributed by atoms with Crippen molar-refractivity contribution in [3.05, 3.63) is 28.2 Å². The summed E-state index contributed by atoms with van der Waals surface area (Å²) < 4.78 is 9.46. The van der Waals surface area contributed by atoms with Crippen LogP contribution in [0.4, 0.5) is 0 Å². The minimum Gasteiger partial charge on any atom is -0.544 e. The molecule has 0 saturated carbocycles. The Morgan fingerprint density at radius 1 is 1.31 bits per heavy atom. The molecule has 0 aromatic heterocycles. The van der Waals surface area contributed by atoms with Crippen LogP contribution in [0.1, 0.15) is 0 Å². The summed E-state index contributed by atoms with van der Waals surface area (Å²) in [5.74, 6) is -1.28. The van der Waals surface area contributed by atoms with E-state index in [2.05, 4.69) is 4.74 Å². The molecule has 4 nitrogen and oxygen atoms in total. The number of benzene rings is 1. The molecule has 1 aromatic carbocycles. The van der Waals surface area contributed by atoms with Gasteiger partial charge >= 0.3 is 29.6 Å². The van der Waals surface area contributed by atoms with Crippen LogP contribution in [0.5, 0.6) is 5.75 Å². The number of carboxylic acid groups (broad SMARTS) is 1. The number of carboxylic acids is 1. The number of halogens is 2. The fourth-order valence-corrected chi connectivity index (χ4v) is 1.42. The van der Waals surface area contributed by atoms with Gasteiger partial charge in [-0.2, -0.15) is 0 Å². The standard InChI is InChI=1S/C9H8Cl2O4.Na/c1-14-9(8(12)13)15-7-3-5(10)2-6(11)4-7;/h2-4,9H,1H3,(H,12,13);/q;+1/p-1. The second-order valence-corrected chi connectivity index (χ2v) is 3.48. The molecule has 7 heteroatoms. The Morgan fingerprint density at radius 2 is 1.81 bits per heavy atom. The summed E-state index contributed by atoms with van der Waals surface area (Å²) in [7, 11) is 1.19. The van der Waals surface area contributed by atoms with Crippen LogP contribution in [0, 0.1) is 0 Å². The molecule has 1 aromatic rings. The molecule has 0 heterocycles. The first-order valence-electron chi connectivity index (χ1n) is 3.89. The zero-order valence-corrected chi connectivity index (χ0v) is 12.2. The molecule has 1 unspecified atom stereocenters. The topological polar surface area (TPSA) is 58.6 Å². The molecule has 0 aliphatic heterocycles. The van der Waals surface area contributed by atoms with E-state index in [0.717, 1.165) is 0 Å². The molecule has 16 heavy (non-hydrogen) atoms. The van der Waals surface area contributed by atoms with Crippen LogP contribution in [0.25, 0.3) is 0 Å². The van der Waals surface area contributed by atoms with Gasteiger partial charge in [-0.05, 0) is 18.2 Å². The molecule has 0 aliphatic carbocycles. The van der Waals surface area contributed by atoms with Crippen molar-refractivity contribution in [3.63, 3.8) is 0 Å². The third kappa shape index (κ3) is 4.91. The van der Waals surface area contributed by atoms with E-state index in [1.807, 2.05) is 0 Å². The Labute approximate surface area is 125 Å². The third-order valence-electron chi connectivity index (χ3n) is 1.49. The zero-order chi connectivity index (χ0) is 11.4. The van der Waals surface area contributed by atoms with E-state index in [1.165, 1.54) is 25.3 Å². The van der Waals surface area contributed by atoms with Crippen molar-refractivity contribution in [2.24, 2.45) is 0 Å². The van der Waals surface area contributed by atoms with Crippen LogP contribution in [-0.2, 0) is 9.53 Å². The van der Waals surface area contributed by atoms with Crippen LogP contribution >= 0.6 is 23.2 Å². The summed E-state index contributed by atoms with van der Waals surface area (Å²) in [4.78, 5) is 10.5. The molecule has 0 spiro atoms. The van der Waals surface area contributed by atoms with Gasteiger partial charge in [0.1, 0.15) is 11.7 Å². The Kier molecular flexibility index (Phi) is 7.39. The van der Waals surface area contributed by atoms with Gasteiger partial charge in [-0.3, -0.25) is 0 Å². The number of hydrogen-bond acceptors (Lipinski definition) is 4. The molecule has 1 rings (SSSR count).